The van der Waals surface area contributed by atoms with Crippen LogP contribution in [0, 0.1) is 10.1 Å². The quantitative estimate of drug-likeness (QED) is 0.610. The number of ether oxygens (including phenoxy) is 1. The van der Waals surface area contributed by atoms with Crippen LogP contribution < -0.4 is 16.2 Å². The van der Waals surface area contributed by atoms with Gasteiger partial charge in [0.15, 0.2) is 0 Å². The van der Waals surface area contributed by atoms with E-state index in [0.717, 1.165) is 6.07 Å². The summed E-state index contributed by atoms with van der Waals surface area (Å²) in [6.45, 7) is -0.533. The van der Waals surface area contributed by atoms with Gasteiger partial charge in [-0.15, -0.1) is 13.2 Å². The predicted molar refractivity (Wildman–Crippen MR) is 49.9 cm³/mol. The van der Waals surface area contributed by atoms with Crippen LogP contribution in [-0.2, 0) is 6.54 Å². The number of nitrogens with two attached hydrogens (primary N) is 2. The molecule has 0 spiro atoms. The summed E-state index contributed by atoms with van der Waals surface area (Å²) in [4.78, 5) is 12.9. The lowest BCUT2D eigenvalue weighted by Gasteiger charge is -2.11. The molecule has 0 unspecified atom stereocenters. The van der Waals surface area contributed by atoms with Gasteiger partial charge in [0.2, 0.25) is 5.88 Å². The van der Waals surface area contributed by atoms with Crippen LogP contribution in [0.15, 0.2) is 6.07 Å². The maximum Gasteiger partial charge on any atom is 0.574 e. The summed E-state index contributed by atoms with van der Waals surface area (Å²) in [5.41, 5.74) is 9.12. The van der Waals surface area contributed by atoms with Gasteiger partial charge >= 0.3 is 6.36 Å². The van der Waals surface area contributed by atoms with E-state index in [1.165, 1.54) is 0 Å². The van der Waals surface area contributed by atoms with Gasteiger partial charge in [-0.2, -0.15) is 4.98 Å². The Kier molecular flexibility index (Phi) is 3.36. The highest BCUT2D eigenvalue weighted by molar-refractivity contribution is 5.53. The lowest BCUT2D eigenvalue weighted by molar-refractivity contribution is -0.385. The fourth-order valence-electron chi connectivity index (χ4n) is 1.10. The van der Waals surface area contributed by atoms with Crippen molar-refractivity contribution in [1.82, 2.24) is 4.98 Å². The van der Waals surface area contributed by atoms with E-state index in [2.05, 4.69) is 9.72 Å². The molecule has 0 aliphatic heterocycles. The Morgan fingerprint density at radius 1 is 1.53 bits per heavy atom. The lowest BCUT2D eigenvalue weighted by Crippen LogP contribution is -2.20. The first kappa shape index (κ1) is 13.0. The zero-order chi connectivity index (χ0) is 13.2. The fraction of sp³-hybridized carbons (Fsp3) is 0.286. The molecular weight excluding hydrogens is 245 g/mol. The van der Waals surface area contributed by atoms with Gasteiger partial charge in [-0.25, -0.2) is 0 Å². The molecule has 0 saturated heterocycles. The third kappa shape index (κ3) is 3.17. The molecular formula is C7H7F3N4O3. The Balaban J connectivity index is 3.33. The molecule has 0 aliphatic rings. The molecule has 94 valence electrons. The maximum absolute atomic E-state index is 12.0. The summed E-state index contributed by atoms with van der Waals surface area (Å²) in [7, 11) is 0. The van der Waals surface area contributed by atoms with Crippen molar-refractivity contribution < 1.29 is 22.8 Å². The van der Waals surface area contributed by atoms with E-state index in [-0.39, 0.29) is 0 Å². The van der Waals surface area contributed by atoms with Gasteiger partial charge in [0.1, 0.15) is 11.4 Å². The second-order valence-corrected chi connectivity index (χ2v) is 2.86. The van der Waals surface area contributed by atoms with E-state index < -0.39 is 40.8 Å². The van der Waals surface area contributed by atoms with Gasteiger partial charge in [0.25, 0.3) is 5.69 Å². The number of hydrogen-bond acceptors (Lipinski definition) is 6. The van der Waals surface area contributed by atoms with Gasteiger partial charge in [0, 0.05) is 6.54 Å². The molecule has 0 atom stereocenters. The predicted octanol–water partition coefficient (Wildman–Crippen LogP) is 0.929. The molecule has 1 aromatic rings. The van der Waals surface area contributed by atoms with Crippen LogP contribution in [0.3, 0.4) is 0 Å². The van der Waals surface area contributed by atoms with Crippen LogP contribution in [0.5, 0.6) is 5.88 Å². The zero-order valence-electron chi connectivity index (χ0n) is 8.19. The minimum absolute atomic E-state index is 0.465. The topological polar surface area (TPSA) is 117 Å². The summed E-state index contributed by atoms with van der Waals surface area (Å²) in [5.74, 6) is -1.47. The highest BCUT2D eigenvalue weighted by Gasteiger charge is 2.34. The first-order valence-corrected chi connectivity index (χ1v) is 4.14. The first-order chi connectivity index (χ1) is 7.74. The van der Waals surface area contributed by atoms with Crippen LogP contribution >= 0.6 is 0 Å². The molecule has 17 heavy (non-hydrogen) atoms. The van der Waals surface area contributed by atoms with Gasteiger partial charge < -0.3 is 16.2 Å². The Hall–Kier alpha value is -2.10. The first-order valence-electron chi connectivity index (χ1n) is 4.14. The standard InChI is InChI=1S/C7H7F3N4O3/c8-7(9,10)17-6-3(2-11)4(14(15)16)1-5(12)13-6/h1H,2,11H2,(H2,12,13). The van der Waals surface area contributed by atoms with E-state index in [0.29, 0.717) is 0 Å². The van der Waals surface area contributed by atoms with Crippen LogP contribution in [0.25, 0.3) is 0 Å². The van der Waals surface area contributed by atoms with Crippen molar-refractivity contribution in [3.8, 4) is 5.88 Å². The van der Waals surface area contributed by atoms with Crippen molar-refractivity contribution in [3.63, 3.8) is 0 Å². The van der Waals surface area contributed by atoms with E-state index in [1.807, 2.05) is 0 Å². The molecule has 1 heterocycles. The Labute approximate surface area is 92.3 Å². The van der Waals surface area contributed by atoms with E-state index in [4.69, 9.17) is 11.5 Å². The molecule has 1 rings (SSSR count). The second-order valence-electron chi connectivity index (χ2n) is 2.86. The third-order valence-corrected chi connectivity index (χ3v) is 1.70. The minimum Gasteiger partial charge on any atom is -0.387 e. The van der Waals surface area contributed by atoms with Crippen molar-refractivity contribution in [3.05, 3.63) is 21.7 Å². The third-order valence-electron chi connectivity index (χ3n) is 1.70. The SMILES string of the molecule is NCc1c([N+](=O)[O-])cc(N)nc1OC(F)(F)F. The largest absolute Gasteiger partial charge is 0.574 e. The lowest BCUT2D eigenvalue weighted by atomic mass is 10.2. The number of hydrogen-bond donors (Lipinski definition) is 2. The van der Waals surface area contributed by atoms with Gasteiger partial charge in [-0.3, -0.25) is 10.1 Å². The van der Waals surface area contributed by atoms with Crippen molar-refractivity contribution in [2.45, 2.75) is 12.9 Å². The van der Waals surface area contributed by atoms with E-state index in [1.54, 1.807) is 0 Å². The van der Waals surface area contributed by atoms with Crippen LogP contribution in [0.1, 0.15) is 5.56 Å². The van der Waals surface area contributed by atoms with Crippen LogP contribution in [0.2, 0.25) is 0 Å². The Morgan fingerprint density at radius 2 is 2.12 bits per heavy atom. The monoisotopic (exact) mass is 252 g/mol. The van der Waals surface area contributed by atoms with Crippen molar-refractivity contribution in [1.29, 1.82) is 0 Å². The second kappa shape index (κ2) is 4.41. The minimum atomic E-state index is -5.03. The van der Waals surface area contributed by atoms with Crippen molar-refractivity contribution in [2.24, 2.45) is 5.73 Å². The molecule has 0 saturated carbocycles. The van der Waals surface area contributed by atoms with Crippen molar-refractivity contribution in [2.75, 3.05) is 5.73 Å². The number of pyridine rings is 1. The highest BCUT2D eigenvalue weighted by Crippen LogP contribution is 2.31. The number of anilines is 1. The average molecular weight is 252 g/mol. The number of nitrogen functional groups attached to an aromatic ring is 1. The number of rotatable bonds is 3. The molecule has 0 amide bonds. The molecule has 10 heteroatoms. The molecule has 1 aromatic heterocycles. The summed E-state index contributed by atoms with van der Waals surface area (Å²) in [5, 5.41) is 10.6. The van der Waals surface area contributed by atoms with Crippen LogP contribution in [-0.4, -0.2) is 16.3 Å². The van der Waals surface area contributed by atoms with E-state index in [9.17, 15) is 23.3 Å². The normalized spacial score (nSPS) is 11.3. The van der Waals surface area contributed by atoms with Gasteiger partial charge in [-0.05, 0) is 0 Å². The Morgan fingerprint density at radius 3 is 2.53 bits per heavy atom. The van der Waals surface area contributed by atoms with Gasteiger partial charge in [0.05, 0.1) is 11.0 Å². The van der Waals surface area contributed by atoms with E-state index >= 15 is 0 Å². The number of nitro groups is 1. The van der Waals surface area contributed by atoms with Crippen LogP contribution in [0.4, 0.5) is 24.7 Å². The highest BCUT2D eigenvalue weighted by atomic mass is 19.4. The average Bonchev–Trinajstić information content (AvgIpc) is 2.14. The smallest absolute Gasteiger partial charge is 0.387 e. The number of halogens is 3. The Bertz CT molecular complexity index is 449. The molecule has 0 fully saturated rings. The summed E-state index contributed by atoms with van der Waals surface area (Å²) >= 11 is 0. The molecule has 0 bridgehead atoms. The molecule has 0 aliphatic carbocycles. The molecule has 0 aromatic carbocycles. The fourth-order valence-corrected chi connectivity index (χ4v) is 1.10. The molecule has 0 radical (unpaired) electrons. The maximum atomic E-state index is 12.0. The zero-order valence-corrected chi connectivity index (χ0v) is 8.19. The summed E-state index contributed by atoms with van der Waals surface area (Å²) in [6.07, 6.45) is -5.03. The number of nitrogens with zero attached hydrogens (tertiary/aromatic N) is 2. The molecule has 7 nitrogen and oxygen atoms in total. The molecule has 4 N–H and O–H groups in total. The van der Waals surface area contributed by atoms with Gasteiger partial charge in [-0.1, -0.05) is 0 Å². The summed E-state index contributed by atoms with van der Waals surface area (Å²) < 4.78 is 39.5. The van der Waals surface area contributed by atoms with Crippen molar-refractivity contribution >= 4 is 11.5 Å². The number of aromatic nitrogens is 1. The summed E-state index contributed by atoms with van der Waals surface area (Å²) in [6, 6.07) is 0.811. The number of alkyl halides is 3.